The molecule has 0 saturated carbocycles. The Balaban J connectivity index is 1.97. The molecule has 286 valence electrons. The van der Waals surface area contributed by atoms with Crippen molar-refractivity contribution in [1.29, 1.82) is 0 Å². The van der Waals surface area contributed by atoms with Crippen molar-refractivity contribution in [2.45, 2.75) is 103 Å². The quantitative estimate of drug-likeness (QED) is 0.186. The van der Waals surface area contributed by atoms with Crippen molar-refractivity contribution in [2.75, 3.05) is 20.1 Å². The first-order chi connectivity index (χ1) is 24.6. The van der Waals surface area contributed by atoms with Crippen molar-refractivity contribution in [1.82, 2.24) is 41.8 Å². The van der Waals surface area contributed by atoms with Gasteiger partial charge in [-0.15, -0.1) is 0 Å². The van der Waals surface area contributed by atoms with Crippen molar-refractivity contribution in [3.63, 3.8) is 0 Å². The molecule has 0 unspecified atom stereocenters. The molecule has 3 rings (SSSR count). The van der Waals surface area contributed by atoms with Gasteiger partial charge in [-0.05, 0) is 62.5 Å². The Morgan fingerprint density at radius 1 is 0.885 bits per heavy atom. The smallest absolute Gasteiger partial charge is 0.323 e. The fourth-order valence-corrected chi connectivity index (χ4v) is 6.10. The molecule has 1 fully saturated rings. The van der Waals surface area contributed by atoms with Gasteiger partial charge in [0.1, 0.15) is 36.8 Å². The van der Waals surface area contributed by atoms with Crippen LogP contribution < -0.4 is 31.9 Å². The summed E-state index contributed by atoms with van der Waals surface area (Å²) >= 11 is 0. The Kier molecular flexibility index (Phi) is 15.4. The van der Waals surface area contributed by atoms with Gasteiger partial charge < -0.3 is 46.9 Å². The van der Waals surface area contributed by atoms with Crippen LogP contribution in [-0.2, 0) is 35.2 Å². The number of aliphatic carboxylic acids is 1. The predicted octanol–water partition coefficient (Wildman–Crippen LogP) is 1.16. The number of carbonyl (C=O) groups is 7. The molecular formula is C36H54N8O8. The number of aromatic nitrogens is 1. The number of H-pyrrole nitrogens is 1. The van der Waals surface area contributed by atoms with E-state index < -0.39 is 78.3 Å². The first-order valence-electron chi connectivity index (χ1n) is 17.8. The molecule has 1 aromatic carbocycles. The van der Waals surface area contributed by atoms with Crippen LogP contribution >= 0.6 is 0 Å². The Morgan fingerprint density at radius 3 is 2.23 bits per heavy atom. The van der Waals surface area contributed by atoms with Crippen LogP contribution in [0.1, 0.15) is 72.3 Å². The molecule has 16 nitrogen and oxygen atoms in total. The Bertz CT molecular complexity index is 1590. The molecular weight excluding hydrogens is 672 g/mol. The summed E-state index contributed by atoms with van der Waals surface area (Å²) in [6.07, 6.45) is 3.33. The second-order valence-corrected chi connectivity index (χ2v) is 14.2. The van der Waals surface area contributed by atoms with Crippen LogP contribution in [0, 0.1) is 11.8 Å². The van der Waals surface area contributed by atoms with Crippen molar-refractivity contribution >= 4 is 52.4 Å². The molecule has 1 aromatic heterocycles. The van der Waals surface area contributed by atoms with E-state index >= 15 is 0 Å². The van der Waals surface area contributed by atoms with Gasteiger partial charge in [0.15, 0.2) is 0 Å². The van der Waals surface area contributed by atoms with Gasteiger partial charge in [-0.2, -0.15) is 0 Å². The lowest BCUT2D eigenvalue weighted by Gasteiger charge is -2.33. The fourth-order valence-electron chi connectivity index (χ4n) is 6.10. The third-order valence-corrected chi connectivity index (χ3v) is 8.86. The van der Waals surface area contributed by atoms with E-state index in [4.69, 9.17) is 5.11 Å². The number of carboxylic acid groups (broad SMARTS) is 1. The molecule has 1 aliphatic rings. The highest BCUT2D eigenvalue weighted by Gasteiger charge is 2.36. The van der Waals surface area contributed by atoms with E-state index in [9.17, 15) is 33.6 Å². The van der Waals surface area contributed by atoms with Gasteiger partial charge in [0.05, 0.1) is 0 Å². The summed E-state index contributed by atoms with van der Waals surface area (Å²) in [4.78, 5) is 96.5. The van der Waals surface area contributed by atoms with Crippen LogP contribution in [0.2, 0.25) is 0 Å². The molecule has 0 spiro atoms. The fraction of sp³-hybridized carbons (Fsp3) is 0.583. The van der Waals surface area contributed by atoms with Gasteiger partial charge in [-0.1, -0.05) is 45.9 Å². The van der Waals surface area contributed by atoms with Crippen LogP contribution in [0.3, 0.4) is 0 Å². The third-order valence-electron chi connectivity index (χ3n) is 8.86. The van der Waals surface area contributed by atoms with Crippen LogP contribution in [0.15, 0.2) is 30.5 Å². The van der Waals surface area contributed by atoms with E-state index in [0.717, 1.165) is 16.5 Å². The van der Waals surface area contributed by atoms with Gasteiger partial charge >= 0.3 is 12.0 Å². The Hall–Kier alpha value is -5.15. The highest BCUT2D eigenvalue weighted by Crippen LogP contribution is 2.20. The highest BCUT2D eigenvalue weighted by molar-refractivity contribution is 5.96. The molecule has 8 N–H and O–H groups in total. The number of hydrogen-bond donors (Lipinski definition) is 8. The van der Waals surface area contributed by atoms with Gasteiger partial charge in [0.2, 0.25) is 29.5 Å². The number of urea groups is 1. The van der Waals surface area contributed by atoms with Gasteiger partial charge in [-0.25, -0.2) is 4.79 Å². The third kappa shape index (κ3) is 12.3. The number of para-hydroxylation sites is 1. The summed E-state index contributed by atoms with van der Waals surface area (Å²) in [5, 5.41) is 25.6. The Labute approximate surface area is 304 Å². The zero-order valence-corrected chi connectivity index (χ0v) is 30.8. The van der Waals surface area contributed by atoms with E-state index in [0.29, 0.717) is 19.3 Å². The summed E-state index contributed by atoms with van der Waals surface area (Å²) < 4.78 is 0. The number of aromatic amines is 1. The minimum Gasteiger partial charge on any atom is -0.480 e. The van der Waals surface area contributed by atoms with Crippen molar-refractivity contribution in [3.05, 3.63) is 36.0 Å². The number of nitrogens with one attached hydrogen (secondary N) is 7. The average molecular weight is 727 g/mol. The largest absolute Gasteiger partial charge is 0.480 e. The molecule has 2 aromatic rings. The zero-order chi connectivity index (χ0) is 38.5. The SMILES string of the molecule is CC(C)C[C@@H]1NC(=O)[C@H](C)NC(=O)[C@H](NC(=O)NCC(=O)O)CCCCNC(=O)[C@H](Cc2c[nH]c3ccccc23)NC(=O)[C@H](CC(C)C)N(C)C1=O. The molecule has 1 saturated heterocycles. The number of carbonyl (C=O) groups excluding carboxylic acids is 6. The second kappa shape index (κ2) is 19.5. The second-order valence-electron chi connectivity index (χ2n) is 14.2. The topological polar surface area (TPSA) is 231 Å². The number of rotatable bonds is 9. The maximum absolute atomic E-state index is 14.1. The van der Waals surface area contributed by atoms with E-state index in [2.05, 4.69) is 36.9 Å². The lowest BCUT2D eigenvalue weighted by molar-refractivity contribution is -0.143. The van der Waals surface area contributed by atoms with E-state index in [-0.39, 0.29) is 37.6 Å². The van der Waals surface area contributed by atoms with E-state index in [1.54, 1.807) is 6.20 Å². The number of carboxylic acids is 1. The Morgan fingerprint density at radius 2 is 1.56 bits per heavy atom. The van der Waals surface area contributed by atoms with Gasteiger partial charge in [0.25, 0.3) is 0 Å². The van der Waals surface area contributed by atoms with Crippen molar-refractivity contribution in [3.8, 4) is 0 Å². The van der Waals surface area contributed by atoms with Crippen molar-refractivity contribution in [2.24, 2.45) is 11.8 Å². The summed E-state index contributed by atoms with van der Waals surface area (Å²) in [6.45, 7) is 8.57. The predicted molar refractivity (Wildman–Crippen MR) is 194 cm³/mol. The standard InChI is InChI=1S/C36H54N8O8/c1-20(2)15-28-35(51)44(6)29(16-21(3)4)34(50)41-27(17-23-18-38-25-12-8-7-11-24(23)25)32(48)37-14-10-9-13-26(43-36(52)39-19-30(45)46)33(49)40-22(5)31(47)42-28/h7-8,11-12,18,20-22,26-29,38H,9-10,13-17,19H2,1-6H3,(H,37,48)(H,40,49)(H,41,50)(H,42,47)(H,45,46)(H2,39,43,52)/t22-,26+,27-,28-,29-/m0/s1. The average Bonchev–Trinajstić information content (AvgIpc) is 3.49. The first-order valence-corrected chi connectivity index (χ1v) is 17.8. The van der Waals surface area contributed by atoms with Gasteiger partial charge in [0, 0.05) is 37.1 Å². The highest BCUT2D eigenvalue weighted by atomic mass is 16.4. The molecule has 0 bridgehead atoms. The van der Waals surface area contributed by atoms with Crippen LogP contribution in [0.25, 0.3) is 10.9 Å². The number of benzene rings is 1. The molecule has 1 aliphatic heterocycles. The number of likely N-dealkylation sites (N-methyl/N-ethyl adjacent to an activating group) is 1. The first kappa shape index (κ1) is 41.3. The summed E-state index contributed by atoms with van der Waals surface area (Å²) in [6, 6.07) is 1.45. The number of nitrogens with zero attached hydrogens (tertiary/aromatic N) is 1. The number of amides is 7. The van der Waals surface area contributed by atoms with Gasteiger partial charge in [-0.3, -0.25) is 28.8 Å². The number of hydrogen-bond acceptors (Lipinski definition) is 7. The normalized spacial score (nSPS) is 23.2. The molecule has 0 aliphatic carbocycles. The van der Waals surface area contributed by atoms with E-state index in [1.165, 1.54) is 18.9 Å². The minimum atomic E-state index is -1.27. The lowest BCUT2D eigenvalue weighted by atomic mass is 9.97. The molecule has 0 radical (unpaired) electrons. The molecule has 7 amide bonds. The number of fused-ring (bicyclic) bond motifs is 1. The van der Waals surface area contributed by atoms with Crippen LogP contribution in [0.5, 0.6) is 0 Å². The van der Waals surface area contributed by atoms with E-state index in [1.807, 2.05) is 52.0 Å². The molecule has 5 atom stereocenters. The maximum atomic E-state index is 14.1. The monoisotopic (exact) mass is 726 g/mol. The maximum Gasteiger partial charge on any atom is 0.323 e. The molecule has 16 heteroatoms. The lowest BCUT2D eigenvalue weighted by Crippen LogP contribution is -2.59. The minimum absolute atomic E-state index is 0.00496. The van der Waals surface area contributed by atoms with Crippen LogP contribution in [0.4, 0.5) is 4.79 Å². The zero-order valence-electron chi connectivity index (χ0n) is 30.8. The van der Waals surface area contributed by atoms with Crippen molar-refractivity contribution < 1.29 is 38.7 Å². The van der Waals surface area contributed by atoms with Crippen LogP contribution in [-0.4, -0.2) is 107 Å². The summed E-state index contributed by atoms with van der Waals surface area (Å²) in [5.41, 5.74) is 1.69. The molecule has 2 heterocycles. The summed E-state index contributed by atoms with van der Waals surface area (Å²) in [7, 11) is 1.50. The summed E-state index contributed by atoms with van der Waals surface area (Å²) in [5.74, 6) is -4.10. The molecule has 52 heavy (non-hydrogen) atoms.